The predicted octanol–water partition coefficient (Wildman–Crippen LogP) is 2.88. The number of anilines is 1. The van der Waals surface area contributed by atoms with E-state index in [4.69, 9.17) is 5.26 Å². The number of hydrogen-bond acceptors (Lipinski definition) is 4. The molecular weight excluding hydrogens is 338 g/mol. The molecule has 1 aromatic rings. The average molecular weight is 367 g/mol. The first-order valence-corrected chi connectivity index (χ1v) is 10.3. The van der Waals surface area contributed by atoms with Crippen molar-refractivity contribution >= 4 is 11.6 Å². The first-order chi connectivity index (χ1) is 13.1. The third kappa shape index (κ3) is 3.55. The van der Waals surface area contributed by atoms with Crippen molar-refractivity contribution in [2.24, 2.45) is 5.41 Å². The van der Waals surface area contributed by atoms with Gasteiger partial charge in [-0.3, -0.25) is 4.79 Å². The number of aliphatic hydroxyl groups excluding tert-OH is 1. The number of carbonyl (C=O) groups is 1. The molecule has 2 aliphatic heterocycles. The number of benzene rings is 1. The van der Waals surface area contributed by atoms with E-state index >= 15 is 0 Å². The lowest BCUT2D eigenvalue weighted by Crippen LogP contribution is -2.50. The average Bonchev–Trinajstić information content (AvgIpc) is 2.99. The summed E-state index contributed by atoms with van der Waals surface area (Å²) < 4.78 is 0. The molecule has 3 aliphatic rings. The highest BCUT2D eigenvalue weighted by Gasteiger charge is 2.50. The summed E-state index contributed by atoms with van der Waals surface area (Å²) in [6.07, 6.45) is 6.76. The summed E-state index contributed by atoms with van der Waals surface area (Å²) >= 11 is 0. The van der Waals surface area contributed by atoms with Crippen molar-refractivity contribution in [2.45, 2.75) is 63.5 Å². The van der Waals surface area contributed by atoms with Crippen LogP contribution in [0.15, 0.2) is 24.3 Å². The van der Waals surface area contributed by atoms with Gasteiger partial charge in [0.05, 0.1) is 24.0 Å². The van der Waals surface area contributed by atoms with Crippen molar-refractivity contribution in [3.8, 4) is 6.07 Å². The summed E-state index contributed by atoms with van der Waals surface area (Å²) in [7, 11) is 0. The number of hydrogen-bond donors (Lipinski definition) is 1. The van der Waals surface area contributed by atoms with E-state index in [1.165, 1.54) is 0 Å². The number of nitriles is 1. The van der Waals surface area contributed by atoms with Gasteiger partial charge in [0.2, 0.25) is 5.91 Å². The molecule has 0 radical (unpaired) electrons. The minimum absolute atomic E-state index is 0.179. The van der Waals surface area contributed by atoms with Gasteiger partial charge in [0.15, 0.2) is 0 Å². The van der Waals surface area contributed by atoms with Crippen LogP contribution in [0.25, 0.3) is 0 Å². The fourth-order valence-electron chi connectivity index (χ4n) is 5.21. The zero-order valence-corrected chi connectivity index (χ0v) is 15.9. The van der Waals surface area contributed by atoms with Crippen LogP contribution in [0.1, 0.15) is 50.5 Å². The monoisotopic (exact) mass is 367 g/mol. The lowest BCUT2D eigenvalue weighted by molar-refractivity contribution is -0.139. The van der Waals surface area contributed by atoms with Gasteiger partial charge < -0.3 is 14.9 Å². The normalized spacial score (nSPS) is 31.3. The number of piperidine rings is 1. The number of carbonyl (C=O) groups excluding carboxylic acids is 1. The quantitative estimate of drug-likeness (QED) is 0.892. The van der Waals surface area contributed by atoms with E-state index in [2.05, 4.69) is 28.0 Å². The third-order valence-corrected chi connectivity index (χ3v) is 6.81. The van der Waals surface area contributed by atoms with Crippen molar-refractivity contribution in [2.75, 3.05) is 24.5 Å². The molecule has 2 saturated heterocycles. The minimum Gasteiger partial charge on any atom is -0.393 e. The molecule has 1 aliphatic carbocycles. The Kier molecular flexibility index (Phi) is 5.10. The summed E-state index contributed by atoms with van der Waals surface area (Å²) in [5.74, 6) is 0.342. The van der Waals surface area contributed by atoms with Gasteiger partial charge in [0.1, 0.15) is 0 Å². The topological polar surface area (TPSA) is 67.6 Å². The Morgan fingerprint density at radius 1 is 1.11 bits per heavy atom. The first-order valence-electron chi connectivity index (χ1n) is 10.3. The molecule has 0 aromatic heterocycles. The summed E-state index contributed by atoms with van der Waals surface area (Å²) in [6, 6.07) is 10.7. The zero-order chi connectivity index (χ0) is 18.9. The van der Waals surface area contributed by atoms with Gasteiger partial charge in [-0.15, -0.1) is 0 Å². The highest BCUT2D eigenvalue weighted by molar-refractivity contribution is 5.86. The Morgan fingerprint density at radius 2 is 1.85 bits per heavy atom. The molecule has 1 saturated carbocycles. The second kappa shape index (κ2) is 7.52. The molecule has 1 atom stereocenters. The molecule has 5 heteroatoms. The van der Waals surface area contributed by atoms with Crippen molar-refractivity contribution in [1.29, 1.82) is 5.26 Å². The number of likely N-dealkylation sites (tertiary alicyclic amines) is 1. The van der Waals surface area contributed by atoms with Gasteiger partial charge >= 0.3 is 0 Å². The van der Waals surface area contributed by atoms with Crippen molar-refractivity contribution in [3.05, 3.63) is 29.8 Å². The Morgan fingerprint density at radius 3 is 2.56 bits per heavy atom. The van der Waals surface area contributed by atoms with Crippen molar-refractivity contribution in [3.63, 3.8) is 0 Å². The molecule has 0 bridgehead atoms. The van der Waals surface area contributed by atoms with Gasteiger partial charge in [-0.05, 0) is 62.6 Å². The van der Waals surface area contributed by atoms with E-state index in [9.17, 15) is 9.90 Å². The molecule has 27 heavy (non-hydrogen) atoms. The van der Waals surface area contributed by atoms with Crippen LogP contribution < -0.4 is 4.90 Å². The number of amides is 1. The molecule has 2 heterocycles. The Labute approximate surface area is 161 Å². The zero-order valence-electron chi connectivity index (χ0n) is 15.9. The van der Waals surface area contributed by atoms with Gasteiger partial charge in [0, 0.05) is 31.4 Å². The summed E-state index contributed by atoms with van der Waals surface area (Å²) in [5, 5.41) is 18.6. The van der Waals surface area contributed by atoms with E-state index in [1.54, 1.807) is 0 Å². The van der Waals surface area contributed by atoms with Gasteiger partial charge in [-0.1, -0.05) is 12.1 Å². The Bertz CT molecular complexity index is 718. The van der Waals surface area contributed by atoms with E-state index in [0.29, 0.717) is 18.4 Å². The van der Waals surface area contributed by atoms with Crippen LogP contribution in [0.5, 0.6) is 0 Å². The van der Waals surface area contributed by atoms with Crippen LogP contribution in [0, 0.1) is 16.7 Å². The summed E-state index contributed by atoms with van der Waals surface area (Å²) in [5.41, 5.74) is 1.96. The molecule has 5 nitrogen and oxygen atoms in total. The molecule has 1 N–H and O–H groups in total. The first kappa shape index (κ1) is 18.3. The van der Waals surface area contributed by atoms with Gasteiger partial charge in [-0.2, -0.15) is 5.26 Å². The second-order valence-corrected chi connectivity index (χ2v) is 8.52. The van der Waals surface area contributed by atoms with Gasteiger partial charge in [-0.25, -0.2) is 0 Å². The van der Waals surface area contributed by atoms with Crippen LogP contribution in [0.4, 0.5) is 5.69 Å². The van der Waals surface area contributed by atoms with E-state index < -0.39 is 0 Å². The lowest BCUT2D eigenvalue weighted by Gasteiger charge is -2.41. The maximum absolute atomic E-state index is 13.4. The largest absolute Gasteiger partial charge is 0.393 e. The fourth-order valence-corrected chi connectivity index (χ4v) is 5.21. The molecule has 1 spiro atoms. The maximum Gasteiger partial charge on any atom is 0.230 e. The number of aliphatic hydroxyl groups is 1. The Balaban J connectivity index is 1.45. The predicted molar refractivity (Wildman–Crippen MR) is 104 cm³/mol. The molecule has 0 unspecified atom stereocenters. The van der Waals surface area contributed by atoms with Gasteiger partial charge in [0.25, 0.3) is 0 Å². The van der Waals surface area contributed by atoms with Crippen LogP contribution in [-0.4, -0.2) is 47.7 Å². The number of rotatable bonds is 3. The third-order valence-electron chi connectivity index (χ3n) is 6.81. The molecule has 3 fully saturated rings. The van der Waals surface area contributed by atoms with E-state index in [-0.39, 0.29) is 11.5 Å². The smallest absolute Gasteiger partial charge is 0.230 e. The molecule has 4 rings (SSSR count). The molecule has 1 aromatic carbocycles. The Hall–Kier alpha value is -2.06. The summed E-state index contributed by atoms with van der Waals surface area (Å²) in [4.78, 5) is 17.9. The van der Waals surface area contributed by atoms with Crippen molar-refractivity contribution < 1.29 is 9.90 Å². The number of nitrogens with zero attached hydrogens (tertiary/aromatic N) is 3. The molecule has 144 valence electrons. The highest BCUT2D eigenvalue weighted by atomic mass is 16.3. The van der Waals surface area contributed by atoms with E-state index in [1.807, 2.05) is 12.1 Å². The highest BCUT2D eigenvalue weighted by Crippen LogP contribution is 2.43. The summed E-state index contributed by atoms with van der Waals surface area (Å²) in [6.45, 7) is 2.66. The van der Waals surface area contributed by atoms with Crippen LogP contribution in [-0.2, 0) is 11.2 Å². The van der Waals surface area contributed by atoms with Crippen LogP contribution in [0.3, 0.4) is 0 Å². The van der Waals surface area contributed by atoms with Crippen LogP contribution in [0.2, 0.25) is 0 Å². The lowest BCUT2D eigenvalue weighted by atomic mass is 9.78. The molecular formula is C22H29N3O2. The SMILES string of the molecule is N#CCc1ccc(N2CCC[C@]3(CCN(C4CCC(O)CC4)C3=O)C2)cc1. The standard InChI is InChI=1S/C22H29N3O2/c23-13-10-17-2-4-18(5-3-17)24-14-1-11-22(16-24)12-15-25(21(22)27)19-6-8-20(26)9-7-19/h2-5,19-20,26H,1,6-12,14-16H2/t19?,20?,22-/m0/s1. The maximum atomic E-state index is 13.4. The minimum atomic E-state index is -0.236. The van der Waals surface area contributed by atoms with E-state index in [0.717, 1.165) is 75.8 Å². The molecule has 1 amide bonds. The van der Waals surface area contributed by atoms with Crippen LogP contribution >= 0.6 is 0 Å². The van der Waals surface area contributed by atoms with Crippen molar-refractivity contribution in [1.82, 2.24) is 4.90 Å². The second-order valence-electron chi connectivity index (χ2n) is 8.52. The fraction of sp³-hybridized carbons (Fsp3) is 0.636.